The second kappa shape index (κ2) is 6.35. The molecule has 2 aromatic rings. The van der Waals surface area contributed by atoms with Gasteiger partial charge >= 0.3 is 5.97 Å². The van der Waals surface area contributed by atoms with E-state index in [1.54, 1.807) is 12.3 Å². The number of nitrogens with zero attached hydrogens (tertiary/aromatic N) is 2. The standard InChI is InChI=1S/C16H17FN2O2/c1-11(2)16-18-5-6-19(16)10-13-7-12(3-4-15(20)21)8-14(17)9-13/h3-9,11H,10H2,1-2H3,(H,20,21). The fraction of sp³-hybridized carbons (Fsp3) is 0.250. The normalized spacial score (nSPS) is 11.4. The number of hydrogen-bond donors (Lipinski definition) is 1. The molecule has 0 bridgehead atoms. The molecule has 0 fully saturated rings. The zero-order chi connectivity index (χ0) is 15.4. The summed E-state index contributed by atoms with van der Waals surface area (Å²) < 4.78 is 15.6. The first kappa shape index (κ1) is 15.0. The first-order valence-electron chi connectivity index (χ1n) is 6.67. The first-order chi connectivity index (χ1) is 9.95. The van der Waals surface area contributed by atoms with Crippen LogP contribution in [-0.2, 0) is 11.3 Å². The highest BCUT2D eigenvalue weighted by Gasteiger charge is 2.08. The van der Waals surface area contributed by atoms with E-state index in [-0.39, 0.29) is 11.7 Å². The van der Waals surface area contributed by atoms with Gasteiger partial charge in [0.25, 0.3) is 0 Å². The minimum atomic E-state index is -1.06. The van der Waals surface area contributed by atoms with Gasteiger partial charge in [-0.25, -0.2) is 14.2 Å². The van der Waals surface area contributed by atoms with Crippen molar-refractivity contribution < 1.29 is 14.3 Å². The molecule has 110 valence electrons. The third-order valence-electron chi connectivity index (χ3n) is 3.02. The van der Waals surface area contributed by atoms with E-state index in [2.05, 4.69) is 4.98 Å². The predicted molar refractivity (Wildman–Crippen MR) is 78.5 cm³/mol. The van der Waals surface area contributed by atoms with E-state index in [0.29, 0.717) is 12.1 Å². The number of aromatic nitrogens is 2. The maximum absolute atomic E-state index is 13.6. The second-order valence-electron chi connectivity index (χ2n) is 5.13. The summed E-state index contributed by atoms with van der Waals surface area (Å²) in [5, 5.41) is 8.63. The van der Waals surface area contributed by atoms with Crippen LogP contribution in [0.4, 0.5) is 4.39 Å². The number of halogens is 1. The van der Waals surface area contributed by atoms with E-state index in [1.807, 2.05) is 24.6 Å². The molecule has 0 unspecified atom stereocenters. The summed E-state index contributed by atoms with van der Waals surface area (Å²) in [7, 11) is 0. The van der Waals surface area contributed by atoms with Gasteiger partial charge in [0, 0.05) is 30.9 Å². The van der Waals surface area contributed by atoms with Crippen molar-refractivity contribution in [1.82, 2.24) is 9.55 Å². The average Bonchev–Trinajstić information content (AvgIpc) is 2.84. The van der Waals surface area contributed by atoms with Gasteiger partial charge < -0.3 is 9.67 Å². The molecular formula is C16H17FN2O2. The van der Waals surface area contributed by atoms with Crippen LogP contribution >= 0.6 is 0 Å². The Labute approximate surface area is 122 Å². The molecule has 0 aliphatic heterocycles. The summed E-state index contributed by atoms with van der Waals surface area (Å²) >= 11 is 0. The fourth-order valence-corrected chi connectivity index (χ4v) is 2.18. The van der Waals surface area contributed by atoms with Crippen molar-refractivity contribution in [1.29, 1.82) is 0 Å². The fourth-order valence-electron chi connectivity index (χ4n) is 2.18. The predicted octanol–water partition coefficient (Wildman–Crippen LogP) is 3.29. The molecule has 1 N–H and O–H groups in total. The van der Waals surface area contributed by atoms with E-state index in [4.69, 9.17) is 5.11 Å². The Kier molecular flexibility index (Phi) is 4.52. The van der Waals surface area contributed by atoms with E-state index >= 15 is 0 Å². The van der Waals surface area contributed by atoms with Gasteiger partial charge in [-0.1, -0.05) is 13.8 Å². The molecule has 1 heterocycles. The minimum absolute atomic E-state index is 0.278. The van der Waals surface area contributed by atoms with Gasteiger partial charge in [-0.2, -0.15) is 0 Å². The Morgan fingerprint density at radius 2 is 2.19 bits per heavy atom. The summed E-state index contributed by atoms with van der Waals surface area (Å²) in [6.45, 7) is 4.59. The van der Waals surface area contributed by atoms with Gasteiger partial charge in [-0.15, -0.1) is 0 Å². The van der Waals surface area contributed by atoms with Crippen molar-refractivity contribution >= 4 is 12.0 Å². The van der Waals surface area contributed by atoms with E-state index < -0.39 is 5.97 Å². The highest BCUT2D eigenvalue weighted by molar-refractivity contribution is 5.85. The Morgan fingerprint density at radius 3 is 2.86 bits per heavy atom. The number of rotatable bonds is 5. The smallest absolute Gasteiger partial charge is 0.328 e. The summed E-state index contributed by atoms with van der Waals surface area (Å²) in [4.78, 5) is 14.8. The molecule has 0 spiro atoms. The first-order valence-corrected chi connectivity index (χ1v) is 6.67. The van der Waals surface area contributed by atoms with Crippen molar-refractivity contribution in [2.45, 2.75) is 26.3 Å². The zero-order valence-electron chi connectivity index (χ0n) is 12.0. The van der Waals surface area contributed by atoms with Gasteiger partial charge in [-0.3, -0.25) is 0 Å². The van der Waals surface area contributed by atoms with Crippen molar-refractivity contribution in [3.63, 3.8) is 0 Å². The number of carboxylic acid groups (broad SMARTS) is 1. The number of aliphatic carboxylic acids is 1. The SMILES string of the molecule is CC(C)c1nccn1Cc1cc(F)cc(C=CC(=O)O)c1. The van der Waals surface area contributed by atoms with Crippen molar-refractivity contribution in [3.8, 4) is 0 Å². The second-order valence-corrected chi connectivity index (χ2v) is 5.13. The van der Waals surface area contributed by atoms with Crippen LogP contribution in [0.15, 0.2) is 36.7 Å². The molecule has 0 atom stereocenters. The van der Waals surface area contributed by atoms with Crippen molar-refractivity contribution in [2.75, 3.05) is 0 Å². The third-order valence-corrected chi connectivity index (χ3v) is 3.02. The van der Waals surface area contributed by atoms with Crippen molar-refractivity contribution in [3.05, 3.63) is 59.4 Å². The highest BCUT2D eigenvalue weighted by Crippen LogP contribution is 2.16. The van der Waals surface area contributed by atoms with Gasteiger partial charge in [0.2, 0.25) is 0 Å². The molecule has 0 radical (unpaired) electrons. The summed E-state index contributed by atoms with van der Waals surface area (Å²) in [6, 6.07) is 4.52. The summed E-state index contributed by atoms with van der Waals surface area (Å²) in [6.07, 6.45) is 5.95. The monoisotopic (exact) mass is 288 g/mol. The summed E-state index contributed by atoms with van der Waals surface area (Å²) in [5.74, 6) is -0.233. The molecule has 1 aromatic heterocycles. The van der Waals surface area contributed by atoms with Crippen LogP contribution in [0, 0.1) is 5.82 Å². The Morgan fingerprint density at radius 1 is 1.43 bits per heavy atom. The van der Waals surface area contributed by atoms with Crippen LogP contribution in [0.5, 0.6) is 0 Å². The largest absolute Gasteiger partial charge is 0.478 e. The molecular weight excluding hydrogens is 271 g/mol. The number of benzene rings is 1. The van der Waals surface area contributed by atoms with Gasteiger partial charge in [0.05, 0.1) is 0 Å². The van der Waals surface area contributed by atoms with Crippen LogP contribution in [-0.4, -0.2) is 20.6 Å². The maximum Gasteiger partial charge on any atom is 0.328 e. The van der Waals surface area contributed by atoms with Crippen LogP contribution in [0.25, 0.3) is 6.08 Å². The number of carbonyl (C=O) groups is 1. The lowest BCUT2D eigenvalue weighted by molar-refractivity contribution is -0.131. The lowest BCUT2D eigenvalue weighted by Crippen LogP contribution is -2.06. The third kappa shape index (κ3) is 4.02. The molecule has 4 nitrogen and oxygen atoms in total. The topological polar surface area (TPSA) is 55.1 Å². The Bertz CT molecular complexity index is 675. The average molecular weight is 288 g/mol. The molecule has 5 heteroatoms. The lowest BCUT2D eigenvalue weighted by Gasteiger charge is -2.11. The highest BCUT2D eigenvalue weighted by atomic mass is 19.1. The van der Waals surface area contributed by atoms with Crippen LogP contribution < -0.4 is 0 Å². The quantitative estimate of drug-likeness (QED) is 0.859. The van der Waals surface area contributed by atoms with Crippen LogP contribution in [0.2, 0.25) is 0 Å². The van der Waals surface area contributed by atoms with Gasteiger partial charge in [0.1, 0.15) is 11.6 Å². The Balaban J connectivity index is 2.28. The van der Waals surface area contributed by atoms with E-state index in [0.717, 1.165) is 17.5 Å². The number of carboxylic acids is 1. The summed E-state index contributed by atoms with van der Waals surface area (Å²) in [5.41, 5.74) is 1.29. The molecule has 1 aromatic carbocycles. The van der Waals surface area contributed by atoms with E-state index in [9.17, 15) is 9.18 Å². The maximum atomic E-state index is 13.6. The van der Waals surface area contributed by atoms with E-state index in [1.165, 1.54) is 18.2 Å². The minimum Gasteiger partial charge on any atom is -0.478 e. The molecule has 0 saturated heterocycles. The molecule has 0 aliphatic rings. The molecule has 2 rings (SSSR count). The molecule has 0 saturated carbocycles. The van der Waals surface area contributed by atoms with Crippen LogP contribution in [0.1, 0.15) is 36.7 Å². The van der Waals surface area contributed by atoms with Gasteiger partial charge in [-0.05, 0) is 35.4 Å². The Hall–Kier alpha value is -2.43. The number of imidazole rings is 1. The van der Waals surface area contributed by atoms with Crippen LogP contribution in [0.3, 0.4) is 0 Å². The van der Waals surface area contributed by atoms with Crippen molar-refractivity contribution in [2.24, 2.45) is 0 Å². The molecule has 0 aliphatic carbocycles. The zero-order valence-corrected chi connectivity index (χ0v) is 12.0. The molecule has 0 amide bonds. The molecule has 21 heavy (non-hydrogen) atoms. The van der Waals surface area contributed by atoms with Gasteiger partial charge in [0.15, 0.2) is 0 Å². The number of hydrogen-bond acceptors (Lipinski definition) is 2. The lowest BCUT2D eigenvalue weighted by atomic mass is 10.1.